The molecule has 0 saturated heterocycles. The lowest BCUT2D eigenvalue weighted by Gasteiger charge is -2.10. The Labute approximate surface area is 79.5 Å². The minimum Gasteiger partial charge on any atom is -0.337 e. The van der Waals surface area contributed by atoms with Gasteiger partial charge in [0.2, 0.25) is 0 Å². The van der Waals surface area contributed by atoms with Crippen LogP contribution in [0.4, 0.5) is 4.79 Å². The van der Waals surface area contributed by atoms with E-state index in [0.717, 1.165) is 12.6 Å². The van der Waals surface area contributed by atoms with Gasteiger partial charge in [0.1, 0.15) is 0 Å². The van der Waals surface area contributed by atoms with Crippen LogP contribution in [0.15, 0.2) is 0 Å². The van der Waals surface area contributed by atoms with E-state index >= 15 is 0 Å². The summed E-state index contributed by atoms with van der Waals surface area (Å²) in [7, 11) is 0. The molecule has 0 atom stereocenters. The molecular weight excluding hydrogens is 166 g/mol. The SMILES string of the molecule is CC(C)NC(=O)NCCNC1CC1. The predicted molar refractivity (Wildman–Crippen MR) is 52.7 cm³/mol. The van der Waals surface area contributed by atoms with Crippen molar-refractivity contribution in [1.82, 2.24) is 16.0 Å². The second-order valence-corrected chi connectivity index (χ2v) is 3.78. The summed E-state index contributed by atoms with van der Waals surface area (Å²) in [6.45, 7) is 5.47. The molecule has 0 aliphatic heterocycles. The normalized spacial score (nSPS) is 15.9. The van der Waals surface area contributed by atoms with E-state index < -0.39 is 0 Å². The third kappa shape index (κ3) is 5.47. The lowest BCUT2D eigenvalue weighted by Crippen LogP contribution is -2.42. The molecule has 0 unspecified atom stereocenters. The molecule has 4 nitrogen and oxygen atoms in total. The molecule has 1 rings (SSSR count). The Bertz CT molecular complexity index is 166. The van der Waals surface area contributed by atoms with Crippen molar-refractivity contribution in [3.05, 3.63) is 0 Å². The highest BCUT2D eigenvalue weighted by atomic mass is 16.2. The van der Waals surface area contributed by atoms with Crippen molar-refractivity contribution in [3.63, 3.8) is 0 Å². The van der Waals surface area contributed by atoms with Crippen molar-refractivity contribution in [2.75, 3.05) is 13.1 Å². The van der Waals surface area contributed by atoms with Gasteiger partial charge < -0.3 is 16.0 Å². The Morgan fingerprint density at radius 3 is 2.62 bits per heavy atom. The Balaban J connectivity index is 1.88. The number of hydrogen-bond donors (Lipinski definition) is 3. The summed E-state index contributed by atoms with van der Waals surface area (Å²) < 4.78 is 0. The zero-order chi connectivity index (χ0) is 9.68. The first-order chi connectivity index (χ1) is 6.18. The van der Waals surface area contributed by atoms with E-state index in [1.165, 1.54) is 12.8 Å². The standard InChI is InChI=1S/C9H19N3O/c1-7(2)12-9(13)11-6-5-10-8-3-4-8/h7-8,10H,3-6H2,1-2H3,(H2,11,12,13). The topological polar surface area (TPSA) is 53.2 Å². The smallest absolute Gasteiger partial charge is 0.315 e. The average Bonchev–Trinajstić information content (AvgIpc) is 2.80. The summed E-state index contributed by atoms with van der Waals surface area (Å²) in [5.41, 5.74) is 0. The first-order valence-corrected chi connectivity index (χ1v) is 4.96. The molecular formula is C9H19N3O. The lowest BCUT2D eigenvalue weighted by atomic mass is 10.4. The second kappa shape index (κ2) is 5.07. The van der Waals surface area contributed by atoms with Crippen molar-refractivity contribution in [2.24, 2.45) is 0 Å². The Morgan fingerprint density at radius 1 is 1.38 bits per heavy atom. The molecule has 1 aliphatic carbocycles. The quantitative estimate of drug-likeness (QED) is 0.545. The summed E-state index contributed by atoms with van der Waals surface area (Å²) in [5.74, 6) is 0. The van der Waals surface area contributed by atoms with E-state index in [0.29, 0.717) is 6.54 Å². The molecule has 13 heavy (non-hydrogen) atoms. The van der Waals surface area contributed by atoms with Crippen LogP contribution in [0.3, 0.4) is 0 Å². The number of hydrogen-bond acceptors (Lipinski definition) is 2. The van der Waals surface area contributed by atoms with Crippen molar-refractivity contribution in [3.8, 4) is 0 Å². The van der Waals surface area contributed by atoms with Gasteiger partial charge in [-0.15, -0.1) is 0 Å². The molecule has 1 aliphatic rings. The molecule has 0 aromatic carbocycles. The van der Waals surface area contributed by atoms with E-state index in [1.54, 1.807) is 0 Å². The van der Waals surface area contributed by atoms with Gasteiger partial charge >= 0.3 is 6.03 Å². The minimum absolute atomic E-state index is 0.0763. The number of nitrogens with one attached hydrogen (secondary N) is 3. The molecule has 1 saturated carbocycles. The van der Waals surface area contributed by atoms with Gasteiger partial charge in [-0.25, -0.2) is 4.79 Å². The van der Waals surface area contributed by atoms with E-state index in [4.69, 9.17) is 0 Å². The fourth-order valence-electron chi connectivity index (χ4n) is 1.05. The first kappa shape index (κ1) is 10.3. The summed E-state index contributed by atoms with van der Waals surface area (Å²) in [5, 5.41) is 8.88. The van der Waals surface area contributed by atoms with Gasteiger partial charge in [0.05, 0.1) is 0 Å². The number of carbonyl (C=O) groups excluding carboxylic acids is 1. The van der Waals surface area contributed by atoms with Gasteiger partial charge in [-0.05, 0) is 26.7 Å². The van der Waals surface area contributed by atoms with Crippen molar-refractivity contribution in [2.45, 2.75) is 38.8 Å². The molecule has 4 heteroatoms. The van der Waals surface area contributed by atoms with Crippen LogP contribution >= 0.6 is 0 Å². The third-order valence-electron chi connectivity index (χ3n) is 1.84. The van der Waals surface area contributed by atoms with Gasteiger partial charge in [-0.1, -0.05) is 0 Å². The highest BCUT2D eigenvalue weighted by molar-refractivity contribution is 5.74. The van der Waals surface area contributed by atoms with E-state index in [9.17, 15) is 4.79 Å². The molecule has 76 valence electrons. The largest absolute Gasteiger partial charge is 0.337 e. The Kier molecular flexibility index (Phi) is 4.02. The number of amides is 2. The molecule has 0 heterocycles. The monoisotopic (exact) mass is 185 g/mol. The average molecular weight is 185 g/mol. The molecule has 1 fully saturated rings. The van der Waals surface area contributed by atoms with Crippen LogP contribution in [0.2, 0.25) is 0 Å². The Hall–Kier alpha value is -0.770. The molecule has 2 amide bonds. The van der Waals surface area contributed by atoms with Gasteiger partial charge in [-0.2, -0.15) is 0 Å². The van der Waals surface area contributed by atoms with Crippen LogP contribution in [-0.4, -0.2) is 31.2 Å². The maximum absolute atomic E-state index is 11.1. The van der Waals surface area contributed by atoms with Crippen molar-refractivity contribution in [1.29, 1.82) is 0 Å². The van der Waals surface area contributed by atoms with Gasteiger partial charge in [0, 0.05) is 25.2 Å². The zero-order valence-electron chi connectivity index (χ0n) is 8.39. The van der Waals surface area contributed by atoms with Crippen molar-refractivity contribution < 1.29 is 4.79 Å². The van der Waals surface area contributed by atoms with Gasteiger partial charge in [-0.3, -0.25) is 0 Å². The van der Waals surface area contributed by atoms with Gasteiger partial charge in [0.25, 0.3) is 0 Å². The van der Waals surface area contributed by atoms with Crippen molar-refractivity contribution >= 4 is 6.03 Å². The van der Waals surface area contributed by atoms with Crippen LogP contribution in [0.5, 0.6) is 0 Å². The van der Waals surface area contributed by atoms with E-state index in [-0.39, 0.29) is 12.1 Å². The molecule has 0 bridgehead atoms. The fraction of sp³-hybridized carbons (Fsp3) is 0.889. The number of urea groups is 1. The number of carbonyl (C=O) groups is 1. The van der Waals surface area contributed by atoms with Crippen LogP contribution in [0.1, 0.15) is 26.7 Å². The predicted octanol–water partition coefficient (Wildman–Crippen LogP) is 0.446. The highest BCUT2D eigenvalue weighted by Gasteiger charge is 2.19. The summed E-state index contributed by atoms with van der Waals surface area (Å²) in [4.78, 5) is 11.1. The molecule has 3 N–H and O–H groups in total. The van der Waals surface area contributed by atoms with Crippen LogP contribution in [0, 0.1) is 0 Å². The van der Waals surface area contributed by atoms with E-state index in [1.807, 2.05) is 13.8 Å². The zero-order valence-corrected chi connectivity index (χ0v) is 8.39. The van der Waals surface area contributed by atoms with Crippen LogP contribution in [0.25, 0.3) is 0 Å². The molecule has 0 aromatic heterocycles. The molecule has 0 spiro atoms. The highest BCUT2D eigenvalue weighted by Crippen LogP contribution is 2.17. The van der Waals surface area contributed by atoms with Crippen LogP contribution < -0.4 is 16.0 Å². The van der Waals surface area contributed by atoms with E-state index in [2.05, 4.69) is 16.0 Å². The Morgan fingerprint density at radius 2 is 2.08 bits per heavy atom. The summed E-state index contributed by atoms with van der Waals surface area (Å²) in [6.07, 6.45) is 2.58. The maximum atomic E-state index is 11.1. The molecule has 0 aromatic rings. The lowest BCUT2D eigenvalue weighted by molar-refractivity contribution is 0.238. The summed E-state index contributed by atoms with van der Waals surface area (Å²) in [6, 6.07) is 0.846. The minimum atomic E-state index is -0.0763. The fourth-order valence-corrected chi connectivity index (χ4v) is 1.05. The maximum Gasteiger partial charge on any atom is 0.315 e. The van der Waals surface area contributed by atoms with Gasteiger partial charge in [0.15, 0.2) is 0 Å². The van der Waals surface area contributed by atoms with Crippen LogP contribution in [-0.2, 0) is 0 Å². The number of rotatable bonds is 5. The summed E-state index contributed by atoms with van der Waals surface area (Å²) >= 11 is 0. The second-order valence-electron chi connectivity index (χ2n) is 3.78. The first-order valence-electron chi connectivity index (χ1n) is 4.96. The third-order valence-corrected chi connectivity index (χ3v) is 1.84. The molecule has 0 radical (unpaired) electrons.